The molecule has 8 nitrogen and oxygen atoms in total. The molecular weight excluding hydrogens is 452 g/mol. The van der Waals surface area contributed by atoms with Crippen molar-refractivity contribution < 1.29 is 9.84 Å². The summed E-state index contributed by atoms with van der Waals surface area (Å²) < 4.78 is 5.44. The second kappa shape index (κ2) is 11.6. The van der Waals surface area contributed by atoms with Crippen molar-refractivity contribution in [2.45, 2.75) is 69.2 Å². The molecule has 0 bridgehead atoms. The summed E-state index contributed by atoms with van der Waals surface area (Å²) in [6.45, 7) is 4.51. The molecule has 1 saturated heterocycles. The van der Waals surface area contributed by atoms with Gasteiger partial charge in [-0.05, 0) is 63.6 Å². The maximum atomic E-state index is 9.48. The molecule has 186 valence electrons. The summed E-state index contributed by atoms with van der Waals surface area (Å²) in [7, 11) is 0. The van der Waals surface area contributed by atoms with Crippen molar-refractivity contribution in [3.8, 4) is 11.3 Å². The van der Waals surface area contributed by atoms with Crippen LogP contribution >= 0.6 is 11.6 Å². The quantitative estimate of drug-likeness (QED) is 0.364. The van der Waals surface area contributed by atoms with Crippen LogP contribution < -0.4 is 21.7 Å². The number of hydrogen-bond acceptors (Lipinski definition) is 8. The SMILES string of the molecule is C[C@H](O)CNC1CCC(Nc2cc(-c3cccc(NCC4(N)CCOCC4)n3)c(Cl)cn2)CC1. The normalized spacial score (nSPS) is 23.3. The number of anilines is 2. The van der Waals surface area contributed by atoms with Crippen LogP contribution in [0.3, 0.4) is 0 Å². The van der Waals surface area contributed by atoms with Crippen LogP contribution in [0.15, 0.2) is 30.5 Å². The number of rotatable bonds is 9. The molecule has 2 aromatic heterocycles. The van der Waals surface area contributed by atoms with Gasteiger partial charge in [0.25, 0.3) is 0 Å². The van der Waals surface area contributed by atoms with Crippen LogP contribution in [0.2, 0.25) is 5.02 Å². The molecule has 3 heterocycles. The van der Waals surface area contributed by atoms with Gasteiger partial charge in [-0.3, -0.25) is 0 Å². The van der Waals surface area contributed by atoms with E-state index in [9.17, 15) is 5.11 Å². The van der Waals surface area contributed by atoms with Gasteiger partial charge in [0.1, 0.15) is 11.6 Å². The highest BCUT2D eigenvalue weighted by Crippen LogP contribution is 2.30. The largest absolute Gasteiger partial charge is 0.392 e. The van der Waals surface area contributed by atoms with Gasteiger partial charge in [-0.1, -0.05) is 17.7 Å². The highest BCUT2D eigenvalue weighted by Gasteiger charge is 2.28. The van der Waals surface area contributed by atoms with E-state index in [1.165, 1.54) is 0 Å². The van der Waals surface area contributed by atoms with Crippen LogP contribution in [-0.4, -0.2) is 65.1 Å². The second-order valence-electron chi connectivity index (χ2n) is 9.74. The summed E-state index contributed by atoms with van der Waals surface area (Å²) in [5, 5.41) is 20.5. The average Bonchev–Trinajstić information content (AvgIpc) is 2.84. The van der Waals surface area contributed by atoms with Gasteiger partial charge in [-0.2, -0.15) is 0 Å². The molecule has 1 atom stereocenters. The predicted molar refractivity (Wildman–Crippen MR) is 137 cm³/mol. The highest BCUT2D eigenvalue weighted by molar-refractivity contribution is 6.33. The molecule has 9 heteroatoms. The number of ether oxygens (including phenoxy) is 1. The van der Waals surface area contributed by atoms with Crippen LogP contribution in [0.1, 0.15) is 45.4 Å². The molecule has 0 unspecified atom stereocenters. The zero-order valence-corrected chi connectivity index (χ0v) is 20.7. The van der Waals surface area contributed by atoms with Crippen molar-refractivity contribution in [2.24, 2.45) is 5.73 Å². The number of aromatic nitrogens is 2. The van der Waals surface area contributed by atoms with E-state index in [2.05, 4.69) is 20.9 Å². The monoisotopic (exact) mass is 488 g/mol. The first-order valence-electron chi connectivity index (χ1n) is 12.3. The number of nitrogens with zero attached hydrogens (tertiary/aromatic N) is 2. The molecule has 0 radical (unpaired) electrons. The lowest BCUT2D eigenvalue weighted by Crippen LogP contribution is -2.50. The molecule has 0 aromatic carbocycles. The van der Waals surface area contributed by atoms with Crippen molar-refractivity contribution in [3.63, 3.8) is 0 Å². The molecule has 2 fully saturated rings. The Balaban J connectivity index is 1.37. The van der Waals surface area contributed by atoms with E-state index in [4.69, 9.17) is 27.1 Å². The number of nitrogens with one attached hydrogen (secondary N) is 3. The summed E-state index contributed by atoms with van der Waals surface area (Å²) in [4.78, 5) is 9.29. The van der Waals surface area contributed by atoms with Gasteiger partial charge in [0.15, 0.2) is 0 Å². The minimum atomic E-state index is -0.312. The van der Waals surface area contributed by atoms with Crippen LogP contribution in [0.25, 0.3) is 11.3 Å². The van der Waals surface area contributed by atoms with Crippen LogP contribution in [-0.2, 0) is 4.74 Å². The van der Waals surface area contributed by atoms with Crippen LogP contribution in [0.4, 0.5) is 11.6 Å². The number of nitrogens with two attached hydrogens (primary N) is 1. The van der Waals surface area contributed by atoms with E-state index in [0.29, 0.717) is 43.4 Å². The first-order chi connectivity index (χ1) is 16.4. The lowest BCUT2D eigenvalue weighted by molar-refractivity contribution is 0.0574. The molecule has 6 N–H and O–H groups in total. The Bertz CT molecular complexity index is 929. The number of aliphatic hydroxyl groups excluding tert-OH is 1. The highest BCUT2D eigenvalue weighted by atomic mass is 35.5. The smallest absolute Gasteiger partial charge is 0.126 e. The van der Waals surface area contributed by atoms with Gasteiger partial charge in [0, 0.05) is 55.7 Å². The number of pyridine rings is 2. The Morgan fingerprint density at radius 2 is 1.91 bits per heavy atom. The summed E-state index contributed by atoms with van der Waals surface area (Å²) in [5.41, 5.74) is 7.88. The van der Waals surface area contributed by atoms with Crippen LogP contribution in [0, 0.1) is 0 Å². The van der Waals surface area contributed by atoms with E-state index < -0.39 is 0 Å². The van der Waals surface area contributed by atoms with Gasteiger partial charge in [-0.25, -0.2) is 9.97 Å². The third-order valence-corrected chi connectivity index (χ3v) is 7.07. The van der Waals surface area contributed by atoms with E-state index in [0.717, 1.165) is 61.4 Å². The molecule has 2 aromatic rings. The zero-order valence-electron chi connectivity index (χ0n) is 19.9. The van der Waals surface area contributed by atoms with E-state index in [1.54, 1.807) is 6.20 Å². The molecule has 0 amide bonds. The number of aliphatic hydroxyl groups is 1. The summed E-state index contributed by atoms with van der Waals surface area (Å²) >= 11 is 6.51. The maximum Gasteiger partial charge on any atom is 0.126 e. The van der Waals surface area contributed by atoms with Crippen molar-refractivity contribution in [1.82, 2.24) is 15.3 Å². The number of hydrogen-bond donors (Lipinski definition) is 5. The van der Waals surface area contributed by atoms with Crippen molar-refractivity contribution in [2.75, 3.05) is 36.9 Å². The number of halogens is 1. The summed E-state index contributed by atoms with van der Waals surface area (Å²) in [6.07, 6.45) is 7.32. The fourth-order valence-electron chi connectivity index (χ4n) is 4.61. The third kappa shape index (κ3) is 7.02. The van der Waals surface area contributed by atoms with Crippen LogP contribution in [0.5, 0.6) is 0 Å². The molecule has 2 aliphatic rings. The topological polar surface area (TPSA) is 117 Å². The molecule has 1 aliphatic heterocycles. The Morgan fingerprint density at radius 3 is 2.65 bits per heavy atom. The average molecular weight is 489 g/mol. The maximum absolute atomic E-state index is 9.48. The zero-order chi connectivity index (χ0) is 24.0. The van der Waals surface area contributed by atoms with Gasteiger partial charge < -0.3 is 31.5 Å². The minimum Gasteiger partial charge on any atom is -0.392 e. The standard InChI is InChI=1S/C25H37ClN6O2/c1-17(33)14-28-18-5-7-19(8-6-18)31-24-13-20(21(26)15-29-24)22-3-2-4-23(32-22)30-16-25(27)9-11-34-12-10-25/h2-4,13,15,17-19,28,33H,5-12,14,16,27H2,1H3,(H,29,31)(H,30,32)/t17-,18?,19?/m0/s1. The van der Waals surface area contributed by atoms with Gasteiger partial charge >= 0.3 is 0 Å². The van der Waals surface area contributed by atoms with Crippen molar-refractivity contribution in [1.29, 1.82) is 0 Å². The first kappa shape index (κ1) is 25.1. The Morgan fingerprint density at radius 1 is 1.18 bits per heavy atom. The summed E-state index contributed by atoms with van der Waals surface area (Å²) in [5.74, 6) is 1.59. The van der Waals surface area contributed by atoms with E-state index >= 15 is 0 Å². The lowest BCUT2D eigenvalue weighted by atomic mass is 9.91. The van der Waals surface area contributed by atoms with E-state index in [-0.39, 0.29) is 11.6 Å². The molecule has 4 rings (SSSR count). The first-order valence-corrected chi connectivity index (χ1v) is 12.7. The Hall–Kier alpha value is -1.97. The molecule has 0 spiro atoms. The van der Waals surface area contributed by atoms with Gasteiger partial charge in [-0.15, -0.1) is 0 Å². The second-order valence-corrected chi connectivity index (χ2v) is 10.1. The minimum absolute atomic E-state index is 0.272. The van der Waals surface area contributed by atoms with Gasteiger partial charge in [0.05, 0.1) is 16.8 Å². The molecule has 1 saturated carbocycles. The fraction of sp³-hybridized carbons (Fsp3) is 0.600. The van der Waals surface area contributed by atoms with E-state index in [1.807, 2.05) is 31.2 Å². The lowest BCUT2D eigenvalue weighted by Gasteiger charge is -2.33. The predicted octanol–water partition coefficient (Wildman–Crippen LogP) is 3.41. The molecule has 1 aliphatic carbocycles. The Labute approximate surface area is 207 Å². The molecule has 34 heavy (non-hydrogen) atoms. The van der Waals surface area contributed by atoms with Gasteiger partial charge in [0.2, 0.25) is 0 Å². The summed E-state index contributed by atoms with van der Waals surface area (Å²) in [6, 6.07) is 8.70. The fourth-order valence-corrected chi connectivity index (χ4v) is 4.81. The van der Waals surface area contributed by atoms with Crippen molar-refractivity contribution in [3.05, 3.63) is 35.5 Å². The van der Waals surface area contributed by atoms with Crippen molar-refractivity contribution >= 4 is 23.2 Å². The molecular formula is C25H37ClN6O2. The Kier molecular flexibility index (Phi) is 8.60. The third-order valence-electron chi connectivity index (χ3n) is 6.77.